The van der Waals surface area contributed by atoms with Crippen LogP contribution in [-0.4, -0.2) is 22.4 Å². The highest BCUT2D eigenvalue weighted by atomic mass is 32.2. The summed E-state index contributed by atoms with van der Waals surface area (Å²) in [6.07, 6.45) is 3.55. The van der Waals surface area contributed by atoms with Crippen molar-refractivity contribution in [1.82, 2.24) is 4.98 Å². The Bertz CT molecular complexity index is 567. The maximum absolute atomic E-state index is 11.6. The normalized spacial score (nSPS) is 10.0. The van der Waals surface area contributed by atoms with E-state index < -0.39 is 0 Å². The molecule has 0 aliphatic rings. The lowest BCUT2D eigenvalue weighted by atomic mass is 10.1. The molecule has 2 rings (SSSR count). The molecule has 3 nitrogen and oxygen atoms in total. The zero-order valence-corrected chi connectivity index (χ0v) is 11.9. The monoisotopic (exact) mass is 284 g/mol. The number of hydrogen-bond acceptors (Lipinski definition) is 3. The summed E-state index contributed by atoms with van der Waals surface area (Å²) < 4.78 is 0. The van der Waals surface area contributed by atoms with Crippen molar-refractivity contribution in [2.75, 3.05) is 16.8 Å². The van der Waals surface area contributed by atoms with Crippen molar-refractivity contribution in [3.05, 3.63) is 61.3 Å². The molecule has 0 unspecified atom stereocenters. The summed E-state index contributed by atoms with van der Waals surface area (Å²) in [6.45, 7) is 3.62. The van der Waals surface area contributed by atoms with E-state index in [9.17, 15) is 4.79 Å². The number of anilines is 1. The Hall–Kier alpha value is -2.07. The molecule has 2 aromatic rings. The first-order valence-corrected chi connectivity index (χ1v) is 7.45. The first-order valence-electron chi connectivity index (χ1n) is 6.29. The van der Waals surface area contributed by atoms with Gasteiger partial charge in [-0.2, -0.15) is 0 Å². The fraction of sp³-hybridized carbons (Fsp3) is 0.125. The molecule has 1 heterocycles. The third kappa shape index (κ3) is 4.24. The van der Waals surface area contributed by atoms with Gasteiger partial charge in [-0.25, -0.2) is 4.98 Å². The molecular weight excluding hydrogens is 268 g/mol. The van der Waals surface area contributed by atoms with Crippen molar-refractivity contribution in [2.24, 2.45) is 0 Å². The smallest absolute Gasteiger partial charge is 0.235 e. The highest BCUT2D eigenvalue weighted by Crippen LogP contribution is 2.18. The fourth-order valence-electron chi connectivity index (χ4n) is 1.68. The number of carbonyl (C=O) groups excluding carboxylic acids is 1. The van der Waals surface area contributed by atoms with Crippen molar-refractivity contribution in [2.45, 2.75) is 0 Å². The summed E-state index contributed by atoms with van der Waals surface area (Å²) in [5.74, 6) is 1.72. The number of nitrogens with one attached hydrogen (secondary N) is 1. The highest BCUT2D eigenvalue weighted by molar-refractivity contribution is 8.00. The van der Waals surface area contributed by atoms with Crippen LogP contribution in [0.2, 0.25) is 0 Å². The number of thioether (sulfide) groups is 1. The standard InChI is InChI=1S/C16H16N2OS/c1-2-10-20-12-16(19)18-15-9-8-14(11-17-15)13-6-4-3-5-7-13/h2-9,11H,1,10,12H2,(H,17,18,19). The number of benzene rings is 1. The van der Waals surface area contributed by atoms with Gasteiger partial charge in [0.15, 0.2) is 0 Å². The highest BCUT2D eigenvalue weighted by Gasteiger charge is 2.03. The van der Waals surface area contributed by atoms with Crippen LogP contribution in [0.25, 0.3) is 11.1 Å². The van der Waals surface area contributed by atoms with Gasteiger partial charge in [0.05, 0.1) is 5.75 Å². The Morgan fingerprint density at radius 3 is 2.65 bits per heavy atom. The molecule has 0 radical (unpaired) electrons. The predicted molar refractivity (Wildman–Crippen MR) is 85.8 cm³/mol. The van der Waals surface area contributed by atoms with E-state index in [0.29, 0.717) is 11.6 Å². The van der Waals surface area contributed by atoms with E-state index in [1.807, 2.05) is 42.5 Å². The minimum absolute atomic E-state index is 0.0446. The minimum Gasteiger partial charge on any atom is -0.310 e. The molecular formula is C16H16N2OS. The molecule has 1 aromatic heterocycles. The summed E-state index contributed by atoms with van der Waals surface area (Å²) in [6, 6.07) is 13.8. The Morgan fingerprint density at radius 2 is 2.00 bits per heavy atom. The summed E-state index contributed by atoms with van der Waals surface area (Å²) in [5.41, 5.74) is 2.14. The molecule has 0 spiro atoms. The molecule has 0 fully saturated rings. The summed E-state index contributed by atoms with van der Waals surface area (Å²) in [7, 11) is 0. The lowest BCUT2D eigenvalue weighted by Gasteiger charge is -2.05. The van der Waals surface area contributed by atoms with E-state index in [2.05, 4.69) is 16.9 Å². The van der Waals surface area contributed by atoms with Crippen molar-refractivity contribution in [1.29, 1.82) is 0 Å². The first-order chi connectivity index (χ1) is 9.79. The van der Waals surface area contributed by atoms with Crippen molar-refractivity contribution >= 4 is 23.5 Å². The quantitative estimate of drug-likeness (QED) is 0.651. The molecule has 0 atom stereocenters. The summed E-state index contributed by atoms with van der Waals surface area (Å²) in [5, 5.41) is 2.77. The summed E-state index contributed by atoms with van der Waals surface area (Å²) >= 11 is 1.52. The van der Waals surface area contributed by atoms with Crippen LogP contribution in [0.15, 0.2) is 61.3 Å². The van der Waals surface area contributed by atoms with Gasteiger partial charge in [-0.1, -0.05) is 36.4 Å². The number of nitrogens with zero attached hydrogens (tertiary/aromatic N) is 1. The second kappa shape index (κ2) is 7.50. The van der Waals surface area contributed by atoms with Crippen molar-refractivity contribution in [3.63, 3.8) is 0 Å². The van der Waals surface area contributed by atoms with Crippen molar-refractivity contribution < 1.29 is 4.79 Å². The molecule has 0 aliphatic heterocycles. The van der Waals surface area contributed by atoms with Crippen LogP contribution >= 0.6 is 11.8 Å². The molecule has 1 amide bonds. The molecule has 1 aromatic carbocycles. The van der Waals surface area contributed by atoms with E-state index in [0.717, 1.165) is 16.9 Å². The lowest BCUT2D eigenvalue weighted by Crippen LogP contribution is -2.15. The Morgan fingerprint density at radius 1 is 1.20 bits per heavy atom. The molecule has 4 heteroatoms. The lowest BCUT2D eigenvalue weighted by molar-refractivity contribution is -0.113. The molecule has 0 saturated carbocycles. The molecule has 20 heavy (non-hydrogen) atoms. The third-order valence-corrected chi connectivity index (χ3v) is 3.54. The largest absolute Gasteiger partial charge is 0.310 e. The van der Waals surface area contributed by atoms with Gasteiger partial charge in [-0.05, 0) is 17.7 Å². The van der Waals surface area contributed by atoms with Crippen LogP contribution in [0.4, 0.5) is 5.82 Å². The van der Waals surface area contributed by atoms with Crippen LogP contribution in [0, 0.1) is 0 Å². The molecule has 0 bridgehead atoms. The number of aromatic nitrogens is 1. The number of hydrogen-bond donors (Lipinski definition) is 1. The van der Waals surface area contributed by atoms with E-state index >= 15 is 0 Å². The van der Waals surface area contributed by atoms with E-state index in [1.54, 1.807) is 12.3 Å². The maximum atomic E-state index is 11.6. The second-order valence-electron chi connectivity index (χ2n) is 4.15. The summed E-state index contributed by atoms with van der Waals surface area (Å²) in [4.78, 5) is 15.9. The van der Waals surface area contributed by atoms with Crippen LogP contribution in [0.1, 0.15) is 0 Å². The van der Waals surface area contributed by atoms with Gasteiger partial charge < -0.3 is 5.32 Å². The Kier molecular flexibility index (Phi) is 5.38. The third-order valence-electron chi connectivity index (χ3n) is 2.61. The van der Waals surface area contributed by atoms with Gasteiger partial charge in [0.1, 0.15) is 5.82 Å². The number of rotatable bonds is 6. The topological polar surface area (TPSA) is 42.0 Å². The Balaban J connectivity index is 1.95. The molecule has 0 aliphatic carbocycles. The average molecular weight is 284 g/mol. The van der Waals surface area contributed by atoms with E-state index in [-0.39, 0.29) is 5.91 Å². The molecule has 0 saturated heterocycles. The first kappa shape index (κ1) is 14.3. The molecule has 1 N–H and O–H groups in total. The van der Waals surface area contributed by atoms with Gasteiger partial charge in [0, 0.05) is 17.5 Å². The van der Waals surface area contributed by atoms with Crippen molar-refractivity contribution in [3.8, 4) is 11.1 Å². The zero-order chi connectivity index (χ0) is 14.2. The number of amides is 1. The van der Waals surface area contributed by atoms with Gasteiger partial charge >= 0.3 is 0 Å². The van der Waals surface area contributed by atoms with Gasteiger partial charge in [-0.3, -0.25) is 4.79 Å². The fourth-order valence-corrected chi connectivity index (χ4v) is 2.23. The number of pyridine rings is 1. The van der Waals surface area contributed by atoms with Gasteiger partial charge in [0.2, 0.25) is 5.91 Å². The van der Waals surface area contributed by atoms with Crippen LogP contribution in [-0.2, 0) is 4.79 Å². The Labute approximate surface area is 123 Å². The van der Waals surface area contributed by atoms with Crippen LogP contribution in [0.3, 0.4) is 0 Å². The number of carbonyl (C=O) groups is 1. The maximum Gasteiger partial charge on any atom is 0.235 e. The van der Waals surface area contributed by atoms with Crippen LogP contribution < -0.4 is 5.32 Å². The molecule has 102 valence electrons. The predicted octanol–water partition coefficient (Wildman–Crippen LogP) is 3.61. The van der Waals surface area contributed by atoms with Crippen LogP contribution in [0.5, 0.6) is 0 Å². The minimum atomic E-state index is -0.0446. The van der Waals surface area contributed by atoms with Gasteiger partial charge in [-0.15, -0.1) is 18.3 Å². The van der Waals surface area contributed by atoms with Gasteiger partial charge in [0.25, 0.3) is 0 Å². The average Bonchev–Trinajstić information content (AvgIpc) is 2.49. The zero-order valence-electron chi connectivity index (χ0n) is 11.1. The van der Waals surface area contributed by atoms with E-state index in [4.69, 9.17) is 0 Å². The SMILES string of the molecule is C=CCSCC(=O)Nc1ccc(-c2ccccc2)cn1. The van der Waals surface area contributed by atoms with E-state index in [1.165, 1.54) is 11.8 Å². The second-order valence-corrected chi connectivity index (χ2v) is 5.18.